The van der Waals surface area contributed by atoms with Gasteiger partial charge in [-0.2, -0.15) is 0 Å². The van der Waals surface area contributed by atoms with E-state index in [4.69, 9.17) is 0 Å². The Hall–Kier alpha value is -0.860. The number of nitrogens with one attached hydrogen (secondary N) is 2. The van der Waals surface area contributed by atoms with E-state index >= 15 is 0 Å². The van der Waals surface area contributed by atoms with Crippen LogP contribution in [0.2, 0.25) is 0 Å². The standard InChI is InChI=1S/C11H20N6.HI/c1-4-17-7-14-16-10(17)6-13-11(12-3)15-9-5-8(9)2;/h7-9H,4-6H2,1-3H3,(H2,12,13,15);1H. The van der Waals surface area contributed by atoms with Crippen molar-refractivity contribution in [2.45, 2.75) is 39.4 Å². The first-order valence-electron chi connectivity index (χ1n) is 6.08. The molecule has 7 heteroatoms. The maximum absolute atomic E-state index is 4.19. The van der Waals surface area contributed by atoms with Crippen molar-refractivity contribution < 1.29 is 0 Å². The average molecular weight is 364 g/mol. The lowest BCUT2D eigenvalue weighted by Gasteiger charge is -2.11. The Labute approximate surface area is 125 Å². The second-order valence-electron chi connectivity index (χ2n) is 4.42. The van der Waals surface area contributed by atoms with Crippen molar-refractivity contribution in [3.8, 4) is 0 Å². The van der Waals surface area contributed by atoms with Gasteiger partial charge in [0.2, 0.25) is 0 Å². The summed E-state index contributed by atoms with van der Waals surface area (Å²) in [5.41, 5.74) is 0. The molecule has 102 valence electrons. The molecule has 18 heavy (non-hydrogen) atoms. The predicted octanol–water partition coefficient (Wildman–Crippen LogP) is 0.989. The van der Waals surface area contributed by atoms with E-state index in [9.17, 15) is 0 Å². The smallest absolute Gasteiger partial charge is 0.191 e. The van der Waals surface area contributed by atoms with Crippen LogP contribution in [0.15, 0.2) is 11.3 Å². The minimum Gasteiger partial charge on any atom is -0.353 e. The van der Waals surface area contributed by atoms with Crippen molar-refractivity contribution in [2.75, 3.05) is 7.05 Å². The van der Waals surface area contributed by atoms with Crippen molar-refractivity contribution >= 4 is 29.9 Å². The van der Waals surface area contributed by atoms with Gasteiger partial charge in [0.1, 0.15) is 6.33 Å². The van der Waals surface area contributed by atoms with Gasteiger partial charge in [-0.15, -0.1) is 34.2 Å². The van der Waals surface area contributed by atoms with Gasteiger partial charge in [-0.25, -0.2) is 0 Å². The number of halogens is 1. The highest BCUT2D eigenvalue weighted by molar-refractivity contribution is 14.0. The molecule has 0 radical (unpaired) electrons. The van der Waals surface area contributed by atoms with E-state index in [-0.39, 0.29) is 24.0 Å². The zero-order chi connectivity index (χ0) is 12.3. The molecule has 1 fully saturated rings. The molecule has 0 spiro atoms. The Morgan fingerprint density at radius 2 is 2.33 bits per heavy atom. The SMILES string of the molecule is CCn1cnnc1CNC(=NC)NC1CC1C.I. The van der Waals surface area contributed by atoms with E-state index in [0.29, 0.717) is 12.6 Å². The van der Waals surface area contributed by atoms with E-state index in [2.05, 4.69) is 39.7 Å². The first kappa shape index (κ1) is 15.2. The van der Waals surface area contributed by atoms with Crippen molar-refractivity contribution in [1.82, 2.24) is 25.4 Å². The monoisotopic (exact) mass is 364 g/mol. The molecule has 1 heterocycles. The molecule has 2 N–H and O–H groups in total. The van der Waals surface area contributed by atoms with E-state index < -0.39 is 0 Å². The van der Waals surface area contributed by atoms with E-state index in [1.165, 1.54) is 6.42 Å². The number of rotatable bonds is 4. The van der Waals surface area contributed by atoms with Crippen LogP contribution in [0.5, 0.6) is 0 Å². The molecule has 0 bridgehead atoms. The van der Waals surface area contributed by atoms with Gasteiger partial charge in [-0.3, -0.25) is 4.99 Å². The van der Waals surface area contributed by atoms with Crippen molar-refractivity contribution in [3.05, 3.63) is 12.2 Å². The molecule has 0 saturated heterocycles. The summed E-state index contributed by atoms with van der Waals surface area (Å²) in [4.78, 5) is 4.19. The molecule has 2 atom stereocenters. The van der Waals surface area contributed by atoms with Gasteiger partial charge < -0.3 is 15.2 Å². The first-order chi connectivity index (χ1) is 8.24. The van der Waals surface area contributed by atoms with E-state index in [1.807, 2.05) is 4.57 Å². The van der Waals surface area contributed by atoms with Crippen LogP contribution in [0.25, 0.3) is 0 Å². The quantitative estimate of drug-likeness (QED) is 0.475. The molecule has 6 nitrogen and oxygen atoms in total. The third-order valence-electron chi connectivity index (χ3n) is 3.11. The first-order valence-corrected chi connectivity index (χ1v) is 6.08. The molecule has 1 aromatic rings. The molecular formula is C11H21IN6. The maximum atomic E-state index is 4.19. The second kappa shape index (κ2) is 6.91. The number of hydrogen-bond donors (Lipinski definition) is 2. The topological polar surface area (TPSA) is 67.1 Å². The van der Waals surface area contributed by atoms with Gasteiger partial charge in [0.15, 0.2) is 11.8 Å². The van der Waals surface area contributed by atoms with Gasteiger partial charge in [0.05, 0.1) is 6.54 Å². The molecule has 2 unspecified atom stereocenters. The second-order valence-corrected chi connectivity index (χ2v) is 4.42. The largest absolute Gasteiger partial charge is 0.353 e. The Morgan fingerprint density at radius 1 is 1.61 bits per heavy atom. The van der Waals surface area contributed by atoms with Crippen LogP contribution in [0.3, 0.4) is 0 Å². The van der Waals surface area contributed by atoms with Crippen LogP contribution < -0.4 is 10.6 Å². The fraction of sp³-hybridized carbons (Fsp3) is 0.727. The fourth-order valence-electron chi connectivity index (χ4n) is 1.74. The molecule has 2 rings (SSSR count). The lowest BCUT2D eigenvalue weighted by Crippen LogP contribution is -2.39. The van der Waals surface area contributed by atoms with Crippen LogP contribution in [-0.4, -0.2) is 33.8 Å². The summed E-state index contributed by atoms with van der Waals surface area (Å²) in [6.45, 7) is 5.84. The summed E-state index contributed by atoms with van der Waals surface area (Å²) in [6.07, 6.45) is 2.97. The molecule has 1 saturated carbocycles. The summed E-state index contributed by atoms with van der Waals surface area (Å²) in [6, 6.07) is 0.574. The summed E-state index contributed by atoms with van der Waals surface area (Å²) in [5, 5.41) is 14.6. The van der Waals surface area contributed by atoms with Gasteiger partial charge in [-0.05, 0) is 19.3 Å². The number of aromatic nitrogens is 3. The summed E-state index contributed by atoms with van der Waals surface area (Å²) in [5.74, 6) is 2.53. The fourth-order valence-corrected chi connectivity index (χ4v) is 1.74. The lowest BCUT2D eigenvalue weighted by molar-refractivity contribution is 0.667. The van der Waals surface area contributed by atoms with Crippen LogP contribution in [0, 0.1) is 5.92 Å². The third-order valence-corrected chi connectivity index (χ3v) is 3.11. The minimum atomic E-state index is 0. The van der Waals surface area contributed by atoms with Crippen molar-refractivity contribution in [1.29, 1.82) is 0 Å². The number of aryl methyl sites for hydroxylation is 1. The maximum Gasteiger partial charge on any atom is 0.191 e. The zero-order valence-electron chi connectivity index (χ0n) is 11.1. The highest BCUT2D eigenvalue weighted by Gasteiger charge is 2.33. The van der Waals surface area contributed by atoms with E-state index in [1.54, 1.807) is 13.4 Å². The van der Waals surface area contributed by atoms with Crippen LogP contribution in [0.1, 0.15) is 26.1 Å². The molecule has 1 aliphatic rings. The molecule has 1 aliphatic carbocycles. The van der Waals surface area contributed by atoms with Gasteiger partial charge in [0.25, 0.3) is 0 Å². The highest BCUT2D eigenvalue weighted by atomic mass is 127. The van der Waals surface area contributed by atoms with Crippen LogP contribution >= 0.6 is 24.0 Å². The van der Waals surface area contributed by atoms with Crippen LogP contribution in [-0.2, 0) is 13.1 Å². The van der Waals surface area contributed by atoms with Crippen molar-refractivity contribution in [3.63, 3.8) is 0 Å². The Morgan fingerprint density at radius 3 is 2.89 bits per heavy atom. The van der Waals surface area contributed by atoms with Gasteiger partial charge in [0, 0.05) is 19.6 Å². The molecule has 0 aromatic carbocycles. The molecule has 1 aromatic heterocycles. The average Bonchev–Trinajstić information content (AvgIpc) is 2.85. The molecule has 0 amide bonds. The number of guanidine groups is 1. The lowest BCUT2D eigenvalue weighted by atomic mass is 10.5. The normalized spacial score (nSPS) is 22.3. The summed E-state index contributed by atoms with van der Waals surface area (Å²) < 4.78 is 2.01. The Kier molecular flexibility index (Phi) is 5.83. The van der Waals surface area contributed by atoms with E-state index in [0.717, 1.165) is 24.2 Å². The number of hydrogen-bond acceptors (Lipinski definition) is 3. The Bertz CT molecular complexity index is 402. The third kappa shape index (κ3) is 3.82. The highest BCUT2D eigenvalue weighted by Crippen LogP contribution is 2.28. The minimum absolute atomic E-state index is 0. The number of aliphatic imine (C=N–C) groups is 1. The predicted molar refractivity (Wildman–Crippen MR) is 82.0 cm³/mol. The summed E-state index contributed by atoms with van der Waals surface area (Å²) >= 11 is 0. The molecular weight excluding hydrogens is 343 g/mol. The molecule has 0 aliphatic heterocycles. The summed E-state index contributed by atoms with van der Waals surface area (Å²) in [7, 11) is 1.78. The van der Waals surface area contributed by atoms with Gasteiger partial charge >= 0.3 is 0 Å². The number of nitrogens with zero attached hydrogens (tertiary/aromatic N) is 4. The van der Waals surface area contributed by atoms with Crippen molar-refractivity contribution in [2.24, 2.45) is 10.9 Å². The van der Waals surface area contributed by atoms with Crippen LogP contribution in [0.4, 0.5) is 0 Å². The zero-order valence-corrected chi connectivity index (χ0v) is 13.4. The van der Waals surface area contributed by atoms with Gasteiger partial charge in [-0.1, -0.05) is 6.92 Å². The Balaban J connectivity index is 0.00000162.